The van der Waals surface area contributed by atoms with E-state index in [4.69, 9.17) is 0 Å². The predicted molar refractivity (Wildman–Crippen MR) is 105 cm³/mol. The van der Waals surface area contributed by atoms with Gasteiger partial charge in [-0.1, -0.05) is 6.08 Å². The standard InChI is InChI=1S/C20H25F3N6/c1-10(2)29(4)9-14-11(3)17-12-7-24-27-15(12)5-6-16(17)26-18(14)13-8-25-28-19(13)20(21,22)23/h5-8,10,12,15,18,26-27H,9H2,1-4H3,(H,25,28). The summed E-state index contributed by atoms with van der Waals surface area (Å²) in [6.07, 6.45) is 2.63. The van der Waals surface area contributed by atoms with Gasteiger partial charge in [0.15, 0.2) is 5.69 Å². The summed E-state index contributed by atoms with van der Waals surface area (Å²) in [7, 11) is 1.98. The van der Waals surface area contributed by atoms with Crippen LogP contribution in [-0.4, -0.2) is 47.0 Å². The maximum absolute atomic E-state index is 13.6. The molecular weight excluding hydrogens is 381 g/mol. The Kier molecular flexibility index (Phi) is 4.80. The SMILES string of the molecule is CC1=C(CN(C)C(C)C)C(c2c[nH]nc2C(F)(F)F)NC2=C1C1C=NNC1C=C2. The lowest BCUT2D eigenvalue weighted by Gasteiger charge is -2.38. The lowest BCUT2D eigenvalue weighted by atomic mass is 9.77. The van der Waals surface area contributed by atoms with Gasteiger partial charge in [-0.25, -0.2) is 0 Å². The highest BCUT2D eigenvalue weighted by atomic mass is 19.4. The number of dihydropyridines is 1. The Bertz CT molecular complexity index is 921. The molecule has 9 heteroatoms. The summed E-state index contributed by atoms with van der Waals surface area (Å²) in [5.74, 6) is 0.0641. The summed E-state index contributed by atoms with van der Waals surface area (Å²) in [6.45, 7) is 6.68. The van der Waals surface area contributed by atoms with Crippen molar-refractivity contribution in [2.45, 2.75) is 45.1 Å². The van der Waals surface area contributed by atoms with Crippen LogP contribution in [0.5, 0.6) is 0 Å². The zero-order valence-electron chi connectivity index (χ0n) is 16.8. The molecule has 0 spiro atoms. The molecule has 1 aromatic heterocycles. The molecule has 3 N–H and O–H groups in total. The van der Waals surface area contributed by atoms with Gasteiger partial charge >= 0.3 is 6.18 Å². The third kappa shape index (κ3) is 3.37. The van der Waals surface area contributed by atoms with E-state index in [0.29, 0.717) is 6.54 Å². The van der Waals surface area contributed by atoms with Crippen LogP contribution >= 0.6 is 0 Å². The van der Waals surface area contributed by atoms with Gasteiger partial charge in [-0.05, 0) is 50.6 Å². The molecule has 2 aliphatic heterocycles. The molecule has 0 radical (unpaired) electrons. The molecule has 156 valence electrons. The van der Waals surface area contributed by atoms with Crippen molar-refractivity contribution in [3.63, 3.8) is 0 Å². The highest BCUT2D eigenvalue weighted by Crippen LogP contribution is 2.43. The van der Waals surface area contributed by atoms with Gasteiger partial charge in [0.05, 0.1) is 12.1 Å². The van der Waals surface area contributed by atoms with Crippen LogP contribution in [0.15, 0.2) is 45.9 Å². The van der Waals surface area contributed by atoms with E-state index in [0.717, 1.165) is 22.4 Å². The first-order valence-corrected chi connectivity index (χ1v) is 9.67. The fraction of sp³-hybridized carbons (Fsp3) is 0.500. The Morgan fingerprint density at radius 1 is 1.28 bits per heavy atom. The lowest BCUT2D eigenvalue weighted by molar-refractivity contribution is -0.142. The number of hydrazone groups is 1. The van der Waals surface area contributed by atoms with Crippen LogP contribution in [-0.2, 0) is 6.18 Å². The number of rotatable bonds is 4. The van der Waals surface area contributed by atoms with Crippen LogP contribution in [0.2, 0.25) is 0 Å². The van der Waals surface area contributed by atoms with Crippen LogP contribution in [0.4, 0.5) is 13.2 Å². The number of aromatic nitrogens is 2. The van der Waals surface area contributed by atoms with E-state index < -0.39 is 17.9 Å². The summed E-state index contributed by atoms with van der Waals surface area (Å²) >= 11 is 0. The van der Waals surface area contributed by atoms with Gasteiger partial charge in [0.25, 0.3) is 0 Å². The highest BCUT2D eigenvalue weighted by Gasteiger charge is 2.42. The first-order valence-electron chi connectivity index (χ1n) is 9.67. The number of halogens is 3. The highest BCUT2D eigenvalue weighted by molar-refractivity contribution is 5.74. The Balaban J connectivity index is 1.82. The van der Waals surface area contributed by atoms with E-state index in [2.05, 4.69) is 44.8 Å². The topological polar surface area (TPSA) is 68.3 Å². The van der Waals surface area contributed by atoms with Crippen LogP contribution in [0, 0.1) is 5.92 Å². The Labute approximate surface area is 167 Å². The number of nitrogens with one attached hydrogen (secondary N) is 3. The molecule has 1 aromatic rings. The molecule has 0 aromatic carbocycles. The molecule has 3 unspecified atom stereocenters. The van der Waals surface area contributed by atoms with E-state index in [1.807, 2.05) is 32.3 Å². The third-order valence-electron chi connectivity index (χ3n) is 6.02. The molecule has 3 atom stereocenters. The molecule has 0 bridgehead atoms. The van der Waals surface area contributed by atoms with Gasteiger partial charge in [-0.15, -0.1) is 0 Å². The number of likely N-dealkylation sites (N-methyl/N-ethyl adjacent to an activating group) is 1. The lowest BCUT2D eigenvalue weighted by Crippen LogP contribution is -2.40. The number of alkyl halides is 3. The summed E-state index contributed by atoms with van der Waals surface area (Å²) in [4.78, 5) is 2.13. The van der Waals surface area contributed by atoms with Crippen molar-refractivity contribution in [2.24, 2.45) is 11.0 Å². The first-order chi connectivity index (χ1) is 13.7. The fourth-order valence-corrected chi connectivity index (χ4v) is 4.15. The number of fused-ring (bicyclic) bond motifs is 2. The molecule has 0 saturated carbocycles. The average Bonchev–Trinajstić information content (AvgIpc) is 3.31. The zero-order chi connectivity index (χ0) is 20.9. The van der Waals surface area contributed by atoms with Gasteiger partial charge in [-0.3, -0.25) is 10.00 Å². The summed E-state index contributed by atoms with van der Waals surface area (Å²) < 4.78 is 40.7. The van der Waals surface area contributed by atoms with Crippen molar-refractivity contribution < 1.29 is 13.2 Å². The second-order valence-electron chi connectivity index (χ2n) is 8.07. The average molecular weight is 406 g/mol. The minimum absolute atomic E-state index is 0.0641. The molecule has 4 rings (SSSR count). The fourth-order valence-electron chi connectivity index (χ4n) is 4.15. The van der Waals surface area contributed by atoms with Crippen molar-refractivity contribution in [3.8, 4) is 0 Å². The second-order valence-corrected chi connectivity index (χ2v) is 8.07. The van der Waals surface area contributed by atoms with Gasteiger partial charge in [-0.2, -0.15) is 23.4 Å². The molecule has 0 saturated heterocycles. The monoisotopic (exact) mass is 406 g/mol. The van der Waals surface area contributed by atoms with E-state index >= 15 is 0 Å². The van der Waals surface area contributed by atoms with Crippen molar-refractivity contribution in [1.82, 2.24) is 25.8 Å². The van der Waals surface area contributed by atoms with Crippen molar-refractivity contribution >= 4 is 6.21 Å². The number of aromatic amines is 1. The normalized spacial score (nSPS) is 26.2. The van der Waals surface area contributed by atoms with Gasteiger partial charge in [0.2, 0.25) is 0 Å². The molecule has 3 heterocycles. The molecular formula is C20H25F3N6. The van der Waals surface area contributed by atoms with E-state index in [-0.39, 0.29) is 23.6 Å². The Hall–Kier alpha value is -2.55. The molecule has 1 aliphatic carbocycles. The van der Waals surface area contributed by atoms with Gasteiger partial charge in [0.1, 0.15) is 0 Å². The quantitative estimate of drug-likeness (QED) is 0.719. The molecule has 0 amide bonds. The summed E-state index contributed by atoms with van der Waals surface area (Å²) in [5, 5.41) is 13.5. The van der Waals surface area contributed by atoms with E-state index in [1.54, 1.807) is 0 Å². The summed E-state index contributed by atoms with van der Waals surface area (Å²) in [5.41, 5.74) is 6.18. The predicted octanol–water partition coefficient (Wildman–Crippen LogP) is 3.13. The number of H-pyrrole nitrogens is 1. The zero-order valence-corrected chi connectivity index (χ0v) is 16.8. The molecule has 3 aliphatic rings. The van der Waals surface area contributed by atoms with E-state index in [9.17, 15) is 13.2 Å². The number of hydrogen-bond acceptors (Lipinski definition) is 5. The largest absolute Gasteiger partial charge is 0.435 e. The van der Waals surface area contributed by atoms with Crippen molar-refractivity contribution in [2.75, 3.05) is 13.6 Å². The smallest absolute Gasteiger partial charge is 0.374 e. The molecule has 0 fully saturated rings. The van der Waals surface area contributed by atoms with E-state index in [1.165, 1.54) is 6.20 Å². The minimum atomic E-state index is -4.52. The van der Waals surface area contributed by atoms with Crippen LogP contribution in [0.3, 0.4) is 0 Å². The Morgan fingerprint density at radius 2 is 2.03 bits per heavy atom. The summed E-state index contributed by atoms with van der Waals surface area (Å²) in [6, 6.07) is -0.282. The maximum atomic E-state index is 13.6. The van der Waals surface area contributed by atoms with Gasteiger partial charge < -0.3 is 10.7 Å². The van der Waals surface area contributed by atoms with Crippen LogP contribution in [0.25, 0.3) is 0 Å². The van der Waals surface area contributed by atoms with Crippen LogP contribution < -0.4 is 10.7 Å². The maximum Gasteiger partial charge on any atom is 0.435 e. The Morgan fingerprint density at radius 3 is 2.72 bits per heavy atom. The third-order valence-corrected chi connectivity index (χ3v) is 6.02. The minimum Gasteiger partial charge on any atom is -0.374 e. The second kappa shape index (κ2) is 7.05. The van der Waals surface area contributed by atoms with Crippen LogP contribution in [0.1, 0.15) is 38.1 Å². The van der Waals surface area contributed by atoms with Gasteiger partial charge in [0, 0.05) is 42.2 Å². The number of hydrogen-bond donors (Lipinski definition) is 3. The number of allylic oxidation sites excluding steroid dienone is 2. The number of nitrogens with zero attached hydrogens (tertiary/aromatic N) is 3. The van der Waals surface area contributed by atoms with Crippen molar-refractivity contribution in [3.05, 3.63) is 52.0 Å². The molecule has 29 heavy (non-hydrogen) atoms. The van der Waals surface area contributed by atoms with Crippen molar-refractivity contribution in [1.29, 1.82) is 0 Å². The first kappa shape index (κ1) is 19.8. The molecule has 6 nitrogen and oxygen atoms in total.